The summed E-state index contributed by atoms with van der Waals surface area (Å²) in [4.78, 5) is 13.5. The van der Waals surface area contributed by atoms with E-state index in [1.165, 1.54) is 36.7 Å². The van der Waals surface area contributed by atoms with Gasteiger partial charge < -0.3 is 25.1 Å². The van der Waals surface area contributed by atoms with Crippen LogP contribution in [0.5, 0.6) is 0 Å². The molecule has 4 aromatic rings. The number of nitrogens with two attached hydrogens (primary N) is 1. The SMILES string of the molecule is CC1(C)O[C@@H]2[C@H](O1)C(CCc1ccc3ccc(NC4CCC4)nc3c1)=C[C@H]2n1ccc2c(N)ncnc21. The number of nitrogen functional groups attached to an aromatic ring is 1. The zero-order chi connectivity index (χ0) is 25.1. The van der Waals surface area contributed by atoms with Gasteiger partial charge in [-0.15, -0.1) is 0 Å². The van der Waals surface area contributed by atoms with Crippen LogP contribution >= 0.6 is 0 Å². The van der Waals surface area contributed by atoms with Gasteiger partial charge in [0.2, 0.25) is 0 Å². The van der Waals surface area contributed by atoms with Crippen LogP contribution in [0.25, 0.3) is 21.9 Å². The van der Waals surface area contributed by atoms with E-state index in [0.29, 0.717) is 11.9 Å². The number of pyridine rings is 1. The molecule has 1 saturated heterocycles. The van der Waals surface area contributed by atoms with Crippen molar-refractivity contribution in [2.24, 2.45) is 0 Å². The highest BCUT2D eigenvalue weighted by Gasteiger charge is 2.50. The van der Waals surface area contributed by atoms with Crippen LogP contribution in [0.4, 0.5) is 11.6 Å². The van der Waals surface area contributed by atoms with Gasteiger partial charge in [-0.2, -0.15) is 0 Å². The number of nitrogens with zero attached hydrogens (tertiary/aromatic N) is 4. The third-order valence-corrected chi connectivity index (χ3v) is 7.99. The van der Waals surface area contributed by atoms with E-state index in [4.69, 9.17) is 20.2 Å². The minimum Gasteiger partial charge on any atom is -0.383 e. The Balaban J connectivity index is 1.15. The zero-order valence-corrected chi connectivity index (χ0v) is 21.2. The normalized spacial score (nSPS) is 24.8. The maximum absolute atomic E-state index is 6.40. The third kappa shape index (κ3) is 4.04. The van der Waals surface area contributed by atoms with Crippen LogP contribution in [0.2, 0.25) is 0 Å². The van der Waals surface area contributed by atoms with Crippen molar-refractivity contribution >= 4 is 33.6 Å². The predicted molar refractivity (Wildman–Crippen MR) is 144 cm³/mol. The van der Waals surface area contributed by atoms with Crippen LogP contribution in [-0.4, -0.2) is 43.6 Å². The van der Waals surface area contributed by atoms with E-state index in [1.807, 2.05) is 26.1 Å². The first-order chi connectivity index (χ1) is 17.9. The summed E-state index contributed by atoms with van der Waals surface area (Å²) in [5, 5.41) is 5.58. The van der Waals surface area contributed by atoms with Gasteiger partial charge in [0.1, 0.15) is 35.8 Å². The molecule has 3 aliphatic rings. The molecule has 0 amide bonds. The quantitative estimate of drug-likeness (QED) is 0.356. The van der Waals surface area contributed by atoms with Gasteiger partial charge >= 0.3 is 0 Å². The van der Waals surface area contributed by atoms with E-state index in [2.05, 4.69) is 56.3 Å². The molecule has 0 radical (unpaired) electrons. The van der Waals surface area contributed by atoms with Gasteiger partial charge in [0, 0.05) is 17.6 Å². The molecule has 190 valence electrons. The van der Waals surface area contributed by atoms with Crippen LogP contribution < -0.4 is 11.1 Å². The second kappa shape index (κ2) is 8.53. The summed E-state index contributed by atoms with van der Waals surface area (Å²) in [6.07, 6.45) is 11.2. The van der Waals surface area contributed by atoms with E-state index in [-0.39, 0.29) is 18.2 Å². The van der Waals surface area contributed by atoms with Gasteiger partial charge in [0.05, 0.1) is 16.9 Å². The number of anilines is 2. The van der Waals surface area contributed by atoms with Crippen LogP contribution in [0, 0.1) is 0 Å². The largest absolute Gasteiger partial charge is 0.383 e. The molecule has 3 N–H and O–H groups in total. The molecule has 4 heterocycles. The fourth-order valence-corrected chi connectivity index (χ4v) is 5.88. The van der Waals surface area contributed by atoms with Crippen LogP contribution in [0.1, 0.15) is 51.1 Å². The topological polar surface area (TPSA) is 100 Å². The van der Waals surface area contributed by atoms with Crippen LogP contribution in [0.3, 0.4) is 0 Å². The third-order valence-electron chi connectivity index (χ3n) is 7.99. The number of rotatable bonds is 6. The highest BCUT2D eigenvalue weighted by Crippen LogP contribution is 2.45. The van der Waals surface area contributed by atoms with Crippen molar-refractivity contribution in [3.8, 4) is 0 Å². The summed E-state index contributed by atoms with van der Waals surface area (Å²) < 4.78 is 14.9. The number of hydrogen-bond acceptors (Lipinski definition) is 7. The smallest absolute Gasteiger partial charge is 0.164 e. The maximum Gasteiger partial charge on any atom is 0.164 e. The predicted octanol–water partition coefficient (Wildman–Crippen LogP) is 5.16. The Bertz CT molecular complexity index is 1520. The fraction of sp³-hybridized carbons (Fsp3) is 0.414. The van der Waals surface area contributed by atoms with Crippen molar-refractivity contribution in [3.05, 3.63) is 66.1 Å². The van der Waals surface area contributed by atoms with E-state index in [0.717, 1.165) is 40.6 Å². The second-order valence-electron chi connectivity index (χ2n) is 11.0. The number of aryl methyl sites for hydroxylation is 1. The van der Waals surface area contributed by atoms with Crippen LogP contribution in [0.15, 0.2) is 60.6 Å². The summed E-state index contributed by atoms with van der Waals surface area (Å²) in [7, 11) is 0. The molecule has 0 spiro atoms. The van der Waals surface area contributed by atoms with Gasteiger partial charge in [-0.25, -0.2) is 15.0 Å². The second-order valence-corrected chi connectivity index (χ2v) is 11.0. The highest BCUT2D eigenvalue weighted by atomic mass is 16.8. The van der Waals surface area contributed by atoms with Crippen molar-refractivity contribution in [1.29, 1.82) is 0 Å². The lowest BCUT2D eigenvalue weighted by Gasteiger charge is -2.26. The molecule has 8 heteroatoms. The summed E-state index contributed by atoms with van der Waals surface area (Å²) in [5.41, 5.74) is 10.5. The van der Waals surface area contributed by atoms with Gasteiger partial charge in [-0.05, 0) is 81.4 Å². The number of aromatic nitrogens is 4. The summed E-state index contributed by atoms with van der Waals surface area (Å²) in [6, 6.07) is 13.4. The molecular weight excluding hydrogens is 464 g/mol. The molecule has 8 nitrogen and oxygen atoms in total. The molecular formula is C29H32N6O2. The standard InChI is InChI=1S/C29H32N6O2/c1-29(2)36-25-19(15-23(26(25)37-29)35-13-12-21-27(30)31-16-32-28(21)35)9-7-17-6-8-18-10-11-24(34-22(18)14-17)33-20-4-3-5-20/h6,8,10-16,20,23,25-26H,3-5,7,9H2,1-2H3,(H,33,34)(H2,30,31,32)/t23-,25-,26+/m1/s1. The number of benzene rings is 1. The molecule has 7 rings (SSSR count). The minimum atomic E-state index is -0.638. The Morgan fingerprint density at radius 1 is 1.08 bits per heavy atom. The van der Waals surface area contributed by atoms with Gasteiger partial charge in [0.15, 0.2) is 5.79 Å². The maximum atomic E-state index is 6.40. The van der Waals surface area contributed by atoms with E-state index in [9.17, 15) is 0 Å². The first-order valence-electron chi connectivity index (χ1n) is 13.2. The zero-order valence-electron chi connectivity index (χ0n) is 21.2. The lowest BCUT2D eigenvalue weighted by Crippen LogP contribution is -2.27. The Labute approximate surface area is 215 Å². The minimum absolute atomic E-state index is 0.0213. The number of nitrogens with one attached hydrogen (secondary N) is 1. The van der Waals surface area contributed by atoms with Crippen molar-refractivity contribution in [3.63, 3.8) is 0 Å². The number of fused-ring (bicyclic) bond motifs is 3. The molecule has 3 atom stereocenters. The molecule has 1 aliphatic heterocycles. The molecule has 2 fully saturated rings. The highest BCUT2D eigenvalue weighted by molar-refractivity contribution is 5.86. The Kier molecular flexibility index (Phi) is 5.23. The fourth-order valence-electron chi connectivity index (χ4n) is 5.88. The van der Waals surface area contributed by atoms with Crippen LogP contribution in [-0.2, 0) is 15.9 Å². The van der Waals surface area contributed by atoms with Gasteiger partial charge in [0.25, 0.3) is 0 Å². The molecule has 0 bridgehead atoms. The van der Waals surface area contributed by atoms with E-state index < -0.39 is 5.79 Å². The monoisotopic (exact) mass is 496 g/mol. The van der Waals surface area contributed by atoms with E-state index in [1.54, 1.807) is 0 Å². The number of ether oxygens (including phenoxy) is 2. The molecule has 37 heavy (non-hydrogen) atoms. The lowest BCUT2D eigenvalue weighted by atomic mass is 9.93. The van der Waals surface area contributed by atoms with Gasteiger partial charge in [-0.3, -0.25) is 0 Å². The lowest BCUT2D eigenvalue weighted by molar-refractivity contribution is -0.147. The van der Waals surface area contributed by atoms with Gasteiger partial charge in [-0.1, -0.05) is 18.2 Å². The van der Waals surface area contributed by atoms with E-state index >= 15 is 0 Å². The Morgan fingerprint density at radius 3 is 2.78 bits per heavy atom. The first-order valence-corrected chi connectivity index (χ1v) is 13.2. The van der Waals surface area contributed by atoms with Crippen molar-refractivity contribution in [1.82, 2.24) is 19.5 Å². The van der Waals surface area contributed by atoms with Crippen molar-refractivity contribution < 1.29 is 9.47 Å². The molecule has 0 unspecified atom stereocenters. The Morgan fingerprint density at radius 2 is 1.95 bits per heavy atom. The summed E-state index contributed by atoms with van der Waals surface area (Å²) in [6.45, 7) is 3.97. The Hall–Kier alpha value is -3.49. The first kappa shape index (κ1) is 22.7. The molecule has 2 aliphatic carbocycles. The molecule has 1 aromatic carbocycles. The molecule has 3 aromatic heterocycles. The summed E-state index contributed by atoms with van der Waals surface area (Å²) in [5.74, 6) is 0.823. The van der Waals surface area contributed by atoms with Crippen molar-refractivity contribution in [2.75, 3.05) is 11.1 Å². The average molecular weight is 497 g/mol. The average Bonchev–Trinajstić information content (AvgIpc) is 3.51. The number of hydrogen-bond donors (Lipinski definition) is 2. The summed E-state index contributed by atoms with van der Waals surface area (Å²) >= 11 is 0. The molecule has 1 saturated carbocycles. The van der Waals surface area contributed by atoms with Crippen molar-refractivity contribution in [2.45, 2.75) is 76.0 Å².